The predicted molar refractivity (Wildman–Crippen MR) is 114 cm³/mol. The molecule has 6 nitrogen and oxygen atoms in total. The molecule has 148 valence electrons. The molecule has 0 aliphatic carbocycles. The number of benzene rings is 2. The van der Waals surface area contributed by atoms with Crippen LogP contribution in [0.2, 0.25) is 0 Å². The fourth-order valence-corrected chi connectivity index (χ4v) is 4.67. The molecule has 0 radical (unpaired) electrons. The summed E-state index contributed by atoms with van der Waals surface area (Å²) in [4.78, 5) is 3.21. The van der Waals surface area contributed by atoms with Crippen molar-refractivity contribution in [3.63, 3.8) is 0 Å². The summed E-state index contributed by atoms with van der Waals surface area (Å²) in [5, 5.41) is 14.6. The van der Waals surface area contributed by atoms with Crippen LogP contribution < -0.4 is 4.74 Å². The highest BCUT2D eigenvalue weighted by molar-refractivity contribution is 7.19. The van der Waals surface area contributed by atoms with Gasteiger partial charge >= 0.3 is 0 Å². The van der Waals surface area contributed by atoms with Crippen LogP contribution in [-0.4, -0.2) is 44.8 Å². The Morgan fingerprint density at radius 3 is 2.69 bits per heavy atom. The Morgan fingerprint density at radius 1 is 1.07 bits per heavy atom. The van der Waals surface area contributed by atoms with E-state index in [0.29, 0.717) is 12.5 Å². The predicted octanol–water partition coefficient (Wildman–Crippen LogP) is 4.24. The molecule has 0 bridgehead atoms. The maximum absolute atomic E-state index is 5.89. The molecule has 7 heteroatoms. The second-order valence-electron chi connectivity index (χ2n) is 7.56. The van der Waals surface area contributed by atoms with Crippen LogP contribution >= 0.6 is 11.3 Å². The van der Waals surface area contributed by atoms with Crippen LogP contribution in [0.4, 0.5) is 0 Å². The Bertz CT molecular complexity index is 1090. The van der Waals surface area contributed by atoms with Crippen LogP contribution in [0.5, 0.6) is 5.75 Å². The lowest BCUT2D eigenvalue weighted by Crippen LogP contribution is -2.31. The van der Waals surface area contributed by atoms with E-state index in [9.17, 15) is 0 Å². The topological polar surface area (TPSA) is 55.5 Å². The number of hydrogen-bond acceptors (Lipinski definition) is 6. The van der Waals surface area contributed by atoms with Crippen molar-refractivity contribution in [1.29, 1.82) is 0 Å². The Balaban J connectivity index is 1.33. The molecule has 2 aromatic heterocycles. The number of hydrogen-bond donors (Lipinski definition) is 0. The third kappa shape index (κ3) is 3.88. The number of piperidine rings is 1. The summed E-state index contributed by atoms with van der Waals surface area (Å²) in [6.45, 7) is 2.73. The summed E-state index contributed by atoms with van der Waals surface area (Å²) in [6.07, 6.45) is 2.34. The highest BCUT2D eigenvalue weighted by Gasteiger charge is 2.25. The molecule has 0 N–H and O–H groups in total. The second-order valence-corrected chi connectivity index (χ2v) is 8.52. The van der Waals surface area contributed by atoms with E-state index in [1.807, 2.05) is 34.8 Å². The molecule has 1 aliphatic heterocycles. The Labute approximate surface area is 173 Å². The number of rotatable bonds is 5. The minimum Gasteiger partial charge on any atom is -0.489 e. The van der Waals surface area contributed by atoms with Gasteiger partial charge in [0.25, 0.3) is 0 Å². The van der Waals surface area contributed by atoms with E-state index in [4.69, 9.17) is 9.84 Å². The van der Waals surface area contributed by atoms with Gasteiger partial charge in [-0.2, -0.15) is 9.61 Å². The van der Waals surface area contributed by atoms with Gasteiger partial charge in [-0.05, 0) is 56.3 Å². The largest absolute Gasteiger partial charge is 0.489 e. The number of likely N-dealkylation sites (N-methyl/N-ethyl adjacent to an activating group) is 1. The molecule has 0 spiro atoms. The average molecular weight is 406 g/mol. The summed E-state index contributed by atoms with van der Waals surface area (Å²) in [5.74, 6) is 2.23. The zero-order chi connectivity index (χ0) is 19.6. The van der Waals surface area contributed by atoms with E-state index in [0.717, 1.165) is 52.2 Å². The molecule has 29 heavy (non-hydrogen) atoms. The summed E-state index contributed by atoms with van der Waals surface area (Å²) in [5.41, 5.74) is 2.23. The van der Waals surface area contributed by atoms with Crippen molar-refractivity contribution in [1.82, 2.24) is 24.7 Å². The molecule has 1 atom stereocenters. The van der Waals surface area contributed by atoms with E-state index in [-0.39, 0.29) is 0 Å². The van der Waals surface area contributed by atoms with Gasteiger partial charge in [0.15, 0.2) is 5.82 Å². The first kappa shape index (κ1) is 18.3. The van der Waals surface area contributed by atoms with Gasteiger partial charge in [-0.3, -0.25) is 0 Å². The number of fused-ring (bicyclic) bond motifs is 1. The van der Waals surface area contributed by atoms with Gasteiger partial charge < -0.3 is 9.64 Å². The Hall–Kier alpha value is -2.77. The van der Waals surface area contributed by atoms with Crippen molar-refractivity contribution in [3.05, 3.63) is 66.0 Å². The van der Waals surface area contributed by atoms with Crippen LogP contribution in [0.3, 0.4) is 0 Å². The van der Waals surface area contributed by atoms with Crippen LogP contribution in [0, 0.1) is 0 Å². The third-order valence-corrected chi connectivity index (χ3v) is 6.30. The standard InChI is InChI=1S/C22H23N5OS/c1-26-13-5-8-18(14-26)20-23-24-22-27(20)25-21(29-22)17-9-11-19(12-10-17)28-15-16-6-3-2-4-7-16/h2-4,6-7,9-12,18H,5,8,13-15H2,1H3/t18-/m0/s1. The zero-order valence-electron chi connectivity index (χ0n) is 16.4. The van der Waals surface area contributed by atoms with Gasteiger partial charge in [-0.25, -0.2) is 0 Å². The molecule has 1 aliphatic rings. The van der Waals surface area contributed by atoms with Crippen molar-refractivity contribution in [3.8, 4) is 16.3 Å². The molecular weight excluding hydrogens is 382 g/mol. The normalized spacial score (nSPS) is 17.6. The Morgan fingerprint density at radius 2 is 1.90 bits per heavy atom. The lowest BCUT2D eigenvalue weighted by atomic mass is 9.98. The minimum atomic E-state index is 0.396. The highest BCUT2D eigenvalue weighted by Crippen LogP contribution is 2.30. The van der Waals surface area contributed by atoms with Crippen LogP contribution in [-0.2, 0) is 6.61 Å². The average Bonchev–Trinajstić information content (AvgIpc) is 3.34. The summed E-state index contributed by atoms with van der Waals surface area (Å²) in [6, 6.07) is 18.3. The summed E-state index contributed by atoms with van der Waals surface area (Å²) >= 11 is 1.58. The number of likely N-dealkylation sites (tertiary alicyclic amines) is 1. The van der Waals surface area contributed by atoms with E-state index in [2.05, 4.69) is 46.4 Å². The van der Waals surface area contributed by atoms with Gasteiger partial charge in [0.2, 0.25) is 4.96 Å². The quantitative estimate of drug-likeness (QED) is 0.497. The molecule has 0 saturated carbocycles. The fourth-order valence-electron chi connectivity index (χ4n) is 3.82. The number of nitrogens with zero attached hydrogens (tertiary/aromatic N) is 5. The molecule has 0 unspecified atom stereocenters. The molecule has 5 rings (SSSR count). The smallest absolute Gasteiger partial charge is 0.234 e. The monoisotopic (exact) mass is 405 g/mol. The van der Waals surface area contributed by atoms with Gasteiger partial charge in [-0.15, -0.1) is 10.2 Å². The van der Waals surface area contributed by atoms with Crippen molar-refractivity contribution in [2.75, 3.05) is 20.1 Å². The van der Waals surface area contributed by atoms with Crippen molar-refractivity contribution >= 4 is 16.3 Å². The van der Waals surface area contributed by atoms with E-state index in [1.54, 1.807) is 11.3 Å². The SMILES string of the molecule is CN1CCC[C@H](c2nnc3sc(-c4ccc(OCc5ccccc5)cc4)nn23)C1. The van der Waals surface area contributed by atoms with Crippen molar-refractivity contribution in [2.24, 2.45) is 0 Å². The van der Waals surface area contributed by atoms with E-state index < -0.39 is 0 Å². The Kier molecular flexibility index (Phi) is 4.99. The maximum atomic E-state index is 5.89. The molecule has 4 aromatic rings. The highest BCUT2D eigenvalue weighted by atomic mass is 32.1. The van der Waals surface area contributed by atoms with Crippen LogP contribution in [0.25, 0.3) is 15.5 Å². The zero-order valence-corrected chi connectivity index (χ0v) is 17.2. The van der Waals surface area contributed by atoms with E-state index >= 15 is 0 Å². The minimum absolute atomic E-state index is 0.396. The van der Waals surface area contributed by atoms with Crippen LogP contribution in [0.15, 0.2) is 54.6 Å². The lowest BCUT2D eigenvalue weighted by Gasteiger charge is -2.28. The summed E-state index contributed by atoms with van der Waals surface area (Å²) in [7, 11) is 2.16. The van der Waals surface area contributed by atoms with Crippen LogP contribution in [0.1, 0.15) is 30.1 Å². The molecule has 2 aromatic carbocycles. The number of aromatic nitrogens is 4. The van der Waals surface area contributed by atoms with Crippen molar-refractivity contribution in [2.45, 2.75) is 25.4 Å². The second kappa shape index (κ2) is 7.93. The maximum Gasteiger partial charge on any atom is 0.234 e. The number of ether oxygens (including phenoxy) is 1. The van der Waals surface area contributed by atoms with Gasteiger partial charge in [0, 0.05) is 18.0 Å². The molecule has 3 heterocycles. The van der Waals surface area contributed by atoms with Gasteiger partial charge in [-0.1, -0.05) is 41.7 Å². The first-order valence-corrected chi connectivity index (χ1v) is 10.8. The first-order valence-electron chi connectivity index (χ1n) is 9.94. The lowest BCUT2D eigenvalue weighted by molar-refractivity contribution is 0.244. The third-order valence-electron chi connectivity index (χ3n) is 5.35. The summed E-state index contributed by atoms with van der Waals surface area (Å²) < 4.78 is 7.82. The fraction of sp³-hybridized carbons (Fsp3) is 0.318. The molecule has 1 saturated heterocycles. The molecule has 0 amide bonds. The first-order chi connectivity index (χ1) is 14.3. The van der Waals surface area contributed by atoms with E-state index in [1.165, 1.54) is 6.42 Å². The molecule has 1 fully saturated rings. The van der Waals surface area contributed by atoms with Gasteiger partial charge in [0.1, 0.15) is 17.4 Å². The molecular formula is C22H23N5OS. The van der Waals surface area contributed by atoms with Crippen molar-refractivity contribution < 1.29 is 4.74 Å². The van der Waals surface area contributed by atoms with Gasteiger partial charge in [0.05, 0.1) is 0 Å².